The summed E-state index contributed by atoms with van der Waals surface area (Å²) in [6.45, 7) is 0.703. The van der Waals surface area contributed by atoms with Crippen LogP contribution in [0, 0.1) is 5.41 Å². The van der Waals surface area contributed by atoms with E-state index in [-0.39, 0.29) is 19.0 Å². The first kappa shape index (κ1) is 16.2. The van der Waals surface area contributed by atoms with E-state index in [4.69, 9.17) is 9.84 Å². The fraction of sp³-hybridized carbons (Fsp3) is 0.750. The average molecular weight is 287 g/mol. The van der Waals surface area contributed by atoms with Gasteiger partial charge in [0.2, 0.25) is 5.91 Å². The molecule has 0 bridgehead atoms. The van der Waals surface area contributed by atoms with Gasteiger partial charge in [0, 0.05) is 20.2 Å². The van der Waals surface area contributed by atoms with E-state index in [1.54, 1.807) is 0 Å². The van der Waals surface area contributed by atoms with Crippen molar-refractivity contribution in [2.75, 3.05) is 33.4 Å². The third kappa shape index (κ3) is 4.69. The number of carbonyl (C=O) groups is 3. The lowest BCUT2D eigenvalue weighted by atomic mass is 9.69. The van der Waals surface area contributed by atoms with Crippen LogP contribution in [0.15, 0.2) is 0 Å². The summed E-state index contributed by atoms with van der Waals surface area (Å²) in [5.41, 5.74) is -0.835. The van der Waals surface area contributed by atoms with Crippen LogP contribution in [-0.2, 0) is 14.3 Å². The first-order chi connectivity index (χ1) is 9.50. The summed E-state index contributed by atoms with van der Waals surface area (Å²) in [5.74, 6) is -1.21. The third-order valence-corrected chi connectivity index (χ3v) is 3.39. The number of carbonyl (C=O) groups excluding carboxylic acids is 2. The average Bonchev–Trinajstić information content (AvgIpc) is 2.35. The molecule has 0 unspecified atom stereocenters. The summed E-state index contributed by atoms with van der Waals surface area (Å²) in [4.78, 5) is 33.8. The van der Waals surface area contributed by atoms with Gasteiger partial charge in [-0.2, -0.15) is 0 Å². The Morgan fingerprint density at radius 2 is 1.90 bits per heavy atom. The van der Waals surface area contributed by atoms with Crippen LogP contribution in [0.3, 0.4) is 0 Å². The lowest BCUT2D eigenvalue weighted by molar-refractivity contribution is -0.153. The molecule has 0 spiro atoms. The van der Waals surface area contributed by atoms with Crippen LogP contribution in [0.1, 0.15) is 19.3 Å². The summed E-state index contributed by atoms with van der Waals surface area (Å²) in [6, 6.07) is -0.542. The van der Waals surface area contributed by atoms with Crippen LogP contribution in [0.4, 0.5) is 4.79 Å². The lowest BCUT2D eigenvalue weighted by Crippen LogP contribution is -2.50. The van der Waals surface area contributed by atoms with Gasteiger partial charge in [0.1, 0.15) is 0 Å². The van der Waals surface area contributed by atoms with E-state index in [2.05, 4.69) is 16.0 Å². The highest BCUT2D eigenvalue weighted by Gasteiger charge is 2.44. The molecule has 1 rings (SSSR count). The molecular formula is C12H21N3O5. The minimum Gasteiger partial charge on any atom is -0.481 e. The van der Waals surface area contributed by atoms with E-state index >= 15 is 0 Å². The van der Waals surface area contributed by atoms with Crippen LogP contribution >= 0.6 is 0 Å². The van der Waals surface area contributed by atoms with Crippen molar-refractivity contribution in [2.45, 2.75) is 19.3 Å². The molecule has 1 aliphatic rings. The summed E-state index contributed by atoms with van der Waals surface area (Å²) in [5, 5.41) is 16.5. The minimum atomic E-state index is -0.888. The van der Waals surface area contributed by atoms with Crippen LogP contribution in [0.25, 0.3) is 0 Å². The number of hydrogen-bond acceptors (Lipinski definition) is 4. The molecule has 0 aromatic rings. The van der Waals surface area contributed by atoms with Crippen molar-refractivity contribution in [1.82, 2.24) is 16.0 Å². The molecular weight excluding hydrogens is 266 g/mol. The summed E-state index contributed by atoms with van der Waals surface area (Å²) >= 11 is 0. The largest absolute Gasteiger partial charge is 0.481 e. The van der Waals surface area contributed by atoms with Crippen LogP contribution in [0.5, 0.6) is 0 Å². The molecule has 1 fully saturated rings. The lowest BCUT2D eigenvalue weighted by Gasteiger charge is -2.37. The molecule has 8 nitrogen and oxygen atoms in total. The molecule has 0 saturated heterocycles. The van der Waals surface area contributed by atoms with Crippen LogP contribution < -0.4 is 16.0 Å². The zero-order valence-corrected chi connectivity index (χ0v) is 11.5. The fourth-order valence-electron chi connectivity index (χ4n) is 1.90. The van der Waals surface area contributed by atoms with E-state index < -0.39 is 17.4 Å². The smallest absolute Gasteiger partial charge is 0.315 e. The van der Waals surface area contributed by atoms with Crippen molar-refractivity contribution in [3.05, 3.63) is 0 Å². The molecule has 0 aliphatic heterocycles. The molecule has 1 aliphatic carbocycles. The Bertz CT molecular complexity index is 368. The number of carboxylic acids is 1. The van der Waals surface area contributed by atoms with Gasteiger partial charge in [-0.25, -0.2) is 4.79 Å². The molecule has 114 valence electrons. The maximum atomic E-state index is 11.5. The Balaban J connectivity index is 2.17. The minimum absolute atomic E-state index is 0.0828. The van der Waals surface area contributed by atoms with Crippen LogP contribution in [0.2, 0.25) is 0 Å². The number of carboxylic acid groups (broad SMARTS) is 1. The van der Waals surface area contributed by atoms with Gasteiger partial charge in [0.25, 0.3) is 0 Å². The Hall–Kier alpha value is -1.83. The second kappa shape index (κ2) is 7.68. The number of hydrogen-bond donors (Lipinski definition) is 4. The van der Waals surface area contributed by atoms with Gasteiger partial charge in [0.15, 0.2) is 0 Å². The molecule has 0 aromatic heterocycles. The van der Waals surface area contributed by atoms with E-state index in [0.29, 0.717) is 26.0 Å². The molecule has 8 heteroatoms. The first-order valence-corrected chi connectivity index (χ1v) is 6.51. The number of ether oxygens (including phenoxy) is 1. The molecule has 0 radical (unpaired) electrons. The molecule has 0 atom stereocenters. The Labute approximate surface area is 117 Å². The monoisotopic (exact) mass is 287 g/mol. The zero-order valence-electron chi connectivity index (χ0n) is 11.5. The van der Waals surface area contributed by atoms with E-state index in [1.807, 2.05) is 0 Å². The number of amides is 3. The number of aliphatic carboxylic acids is 1. The Kier molecular flexibility index (Phi) is 6.23. The molecule has 20 heavy (non-hydrogen) atoms. The van der Waals surface area contributed by atoms with Gasteiger partial charge < -0.3 is 25.8 Å². The first-order valence-electron chi connectivity index (χ1n) is 6.51. The van der Waals surface area contributed by atoms with Crippen molar-refractivity contribution >= 4 is 17.9 Å². The second-order valence-corrected chi connectivity index (χ2v) is 4.82. The maximum absolute atomic E-state index is 11.5. The van der Waals surface area contributed by atoms with Crippen molar-refractivity contribution in [1.29, 1.82) is 0 Å². The topological polar surface area (TPSA) is 117 Å². The highest BCUT2D eigenvalue weighted by atomic mass is 16.5. The summed E-state index contributed by atoms with van der Waals surface area (Å²) < 4.78 is 4.77. The van der Waals surface area contributed by atoms with Gasteiger partial charge in [-0.05, 0) is 12.8 Å². The van der Waals surface area contributed by atoms with Gasteiger partial charge >= 0.3 is 12.0 Å². The standard InChI is InChI=1S/C12H21N3O5/c1-20-6-5-13-9(16)7-14-11(19)15-8-12(10(17)18)3-2-4-12/h2-8H2,1H3,(H,13,16)(H,17,18)(H2,14,15,19). The van der Waals surface area contributed by atoms with Crippen molar-refractivity contribution in [3.8, 4) is 0 Å². The maximum Gasteiger partial charge on any atom is 0.315 e. The second-order valence-electron chi connectivity index (χ2n) is 4.82. The number of rotatable bonds is 8. The molecule has 0 aromatic carbocycles. The summed E-state index contributed by atoms with van der Waals surface area (Å²) in [6.07, 6.45) is 2.00. The van der Waals surface area contributed by atoms with E-state index in [1.165, 1.54) is 7.11 Å². The highest BCUT2D eigenvalue weighted by molar-refractivity contribution is 5.84. The normalized spacial score (nSPS) is 15.8. The van der Waals surface area contributed by atoms with Crippen molar-refractivity contribution < 1.29 is 24.2 Å². The quantitative estimate of drug-likeness (QED) is 0.441. The van der Waals surface area contributed by atoms with Gasteiger partial charge in [0.05, 0.1) is 18.6 Å². The predicted molar refractivity (Wildman–Crippen MR) is 70.2 cm³/mol. The van der Waals surface area contributed by atoms with E-state index in [0.717, 1.165) is 6.42 Å². The Morgan fingerprint density at radius 1 is 1.20 bits per heavy atom. The van der Waals surface area contributed by atoms with Crippen molar-refractivity contribution in [3.63, 3.8) is 0 Å². The molecule has 3 amide bonds. The fourth-order valence-corrected chi connectivity index (χ4v) is 1.90. The van der Waals surface area contributed by atoms with Gasteiger partial charge in [-0.15, -0.1) is 0 Å². The number of nitrogens with one attached hydrogen (secondary N) is 3. The zero-order chi connectivity index (χ0) is 15.0. The number of urea groups is 1. The molecule has 4 N–H and O–H groups in total. The van der Waals surface area contributed by atoms with Gasteiger partial charge in [-0.3, -0.25) is 9.59 Å². The van der Waals surface area contributed by atoms with Crippen LogP contribution in [-0.4, -0.2) is 56.4 Å². The van der Waals surface area contributed by atoms with Crippen molar-refractivity contribution in [2.24, 2.45) is 5.41 Å². The third-order valence-electron chi connectivity index (χ3n) is 3.39. The number of methoxy groups -OCH3 is 1. The highest BCUT2D eigenvalue weighted by Crippen LogP contribution is 2.40. The SMILES string of the molecule is COCCNC(=O)CNC(=O)NCC1(C(=O)O)CCC1. The van der Waals surface area contributed by atoms with E-state index in [9.17, 15) is 14.4 Å². The van der Waals surface area contributed by atoms with Gasteiger partial charge in [-0.1, -0.05) is 6.42 Å². The Morgan fingerprint density at radius 3 is 2.40 bits per heavy atom. The molecule has 1 saturated carbocycles. The molecule has 0 heterocycles. The predicted octanol–water partition coefficient (Wildman–Crippen LogP) is -0.697. The summed E-state index contributed by atoms with van der Waals surface area (Å²) in [7, 11) is 1.52.